The molecule has 2 aromatic carbocycles. The SMILES string of the molecule is Cc1ccc(OCC(=O)Nc2ccc(C(=O)N3CCCCC3C)cc2C)c(C)c1. The Kier molecular flexibility index (Phi) is 6.57. The molecule has 0 saturated carbocycles. The topological polar surface area (TPSA) is 58.6 Å². The molecule has 1 unspecified atom stereocenters. The number of rotatable bonds is 5. The molecule has 2 amide bonds. The summed E-state index contributed by atoms with van der Waals surface area (Å²) in [6.07, 6.45) is 3.29. The zero-order valence-corrected chi connectivity index (χ0v) is 17.7. The molecule has 5 heteroatoms. The Labute approximate surface area is 173 Å². The lowest BCUT2D eigenvalue weighted by atomic mass is 10.0. The Morgan fingerprint density at radius 2 is 1.86 bits per heavy atom. The lowest BCUT2D eigenvalue weighted by molar-refractivity contribution is -0.118. The molecule has 5 nitrogen and oxygen atoms in total. The predicted molar refractivity (Wildman–Crippen MR) is 116 cm³/mol. The lowest BCUT2D eigenvalue weighted by Crippen LogP contribution is -2.42. The quantitative estimate of drug-likeness (QED) is 0.803. The van der Waals surface area contributed by atoms with Gasteiger partial charge in [-0.05, 0) is 82.3 Å². The molecule has 1 aliphatic rings. The van der Waals surface area contributed by atoms with Crippen LogP contribution in [0.25, 0.3) is 0 Å². The van der Waals surface area contributed by atoms with Gasteiger partial charge in [0.15, 0.2) is 6.61 Å². The average molecular weight is 395 g/mol. The number of amides is 2. The number of benzene rings is 2. The van der Waals surface area contributed by atoms with E-state index in [1.54, 1.807) is 12.1 Å². The number of nitrogens with one attached hydrogen (secondary N) is 1. The van der Waals surface area contributed by atoms with Crippen LogP contribution >= 0.6 is 0 Å². The first-order chi connectivity index (χ1) is 13.8. The van der Waals surface area contributed by atoms with Crippen molar-refractivity contribution in [2.24, 2.45) is 0 Å². The second kappa shape index (κ2) is 9.12. The normalized spacial score (nSPS) is 16.4. The summed E-state index contributed by atoms with van der Waals surface area (Å²) in [6, 6.07) is 11.6. The van der Waals surface area contributed by atoms with Gasteiger partial charge in [0.25, 0.3) is 11.8 Å². The van der Waals surface area contributed by atoms with E-state index in [0.717, 1.165) is 36.1 Å². The number of carbonyl (C=O) groups is 2. The monoisotopic (exact) mass is 394 g/mol. The third-order valence-electron chi connectivity index (χ3n) is 5.50. The average Bonchev–Trinajstić information content (AvgIpc) is 2.68. The number of piperidine rings is 1. The number of nitrogens with zero attached hydrogens (tertiary/aromatic N) is 1. The largest absolute Gasteiger partial charge is 0.483 e. The lowest BCUT2D eigenvalue weighted by Gasteiger charge is -2.33. The Balaban J connectivity index is 1.61. The Bertz CT molecular complexity index is 907. The van der Waals surface area contributed by atoms with Crippen molar-refractivity contribution < 1.29 is 14.3 Å². The smallest absolute Gasteiger partial charge is 0.262 e. The third kappa shape index (κ3) is 5.17. The fraction of sp³-hybridized carbons (Fsp3) is 0.417. The number of aryl methyl sites for hydroxylation is 3. The molecule has 1 atom stereocenters. The molecule has 0 bridgehead atoms. The van der Waals surface area contributed by atoms with Crippen LogP contribution < -0.4 is 10.1 Å². The van der Waals surface area contributed by atoms with Crippen molar-refractivity contribution in [1.82, 2.24) is 4.90 Å². The molecule has 0 aliphatic carbocycles. The first kappa shape index (κ1) is 20.9. The number of ether oxygens (including phenoxy) is 1. The van der Waals surface area contributed by atoms with Crippen LogP contribution in [0.2, 0.25) is 0 Å². The van der Waals surface area contributed by atoms with Crippen molar-refractivity contribution in [3.05, 3.63) is 58.7 Å². The maximum atomic E-state index is 12.8. The van der Waals surface area contributed by atoms with Crippen molar-refractivity contribution in [3.63, 3.8) is 0 Å². The van der Waals surface area contributed by atoms with Crippen LogP contribution in [0, 0.1) is 20.8 Å². The standard InChI is InChI=1S/C24H30N2O3/c1-16-8-11-22(18(3)13-16)29-15-23(27)25-21-10-9-20(14-17(21)2)24(28)26-12-6-5-7-19(26)4/h8-11,13-14,19H,5-7,12,15H2,1-4H3,(H,25,27). The van der Waals surface area contributed by atoms with Gasteiger partial charge >= 0.3 is 0 Å². The summed E-state index contributed by atoms with van der Waals surface area (Å²) in [7, 11) is 0. The zero-order valence-electron chi connectivity index (χ0n) is 17.7. The molecule has 1 heterocycles. The highest BCUT2D eigenvalue weighted by molar-refractivity contribution is 5.97. The van der Waals surface area contributed by atoms with Gasteiger partial charge in [0.1, 0.15) is 5.75 Å². The maximum absolute atomic E-state index is 12.8. The third-order valence-corrected chi connectivity index (χ3v) is 5.50. The predicted octanol–water partition coefficient (Wildman–Crippen LogP) is 4.64. The summed E-state index contributed by atoms with van der Waals surface area (Å²) in [6.45, 7) is 8.74. The van der Waals surface area contributed by atoms with E-state index in [1.165, 1.54) is 6.42 Å². The Hall–Kier alpha value is -2.82. The fourth-order valence-electron chi connectivity index (χ4n) is 3.79. The van der Waals surface area contributed by atoms with E-state index < -0.39 is 0 Å². The highest BCUT2D eigenvalue weighted by Gasteiger charge is 2.24. The van der Waals surface area contributed by atoms with E-state index in [9.17, 15) is 9.59 Å². The Morgan fingerprint density at radius 3 is 2.55 bits per heavy atom. The molecule has 3 rings (SSSR count). The van der Waals surface area contributed by atoms with E-state index in [0.29, 0.717) is 17.0 Å². The number of anilines is 1. The molecule has 1 aliphatic heterocycles. The first-order valence-corrected chi connectivity index (χ1v) is 10.3. The maximum Gasteiger partial charge on any atom is 0.262 e. The molecule has 154 valence electrons. The molecule has 1 N–H and O–H groups in total. The summed E-state index contributed by atoms with van der Waals surface area (Å²) < 4.78 is 5.65. The van der Waals surface area contributed by atoms with Gasteiger partial charge in [0, 0.05) is 23.8 Å². The van der Waals surface area contributed by atoms with Crippen molar-refractivity contribution in [1.29, 1.82) is 0 Å². The summed E-state index contributed by atoms with van der Waals surface area (Å²) in [5, 5.41) is 2.88. The minimum absolute atomic E-state index is 0.0602. The molecule has 2 aromatic rings. The number of hydrogen-bond donors (Lipinski definition) is 1. The van der Waals surface area contributed by atoms with Crippen LogP contribution in [0.15, 0.2) is 36.4 Å². The van der Waals surface area contributed by atoms with Gasteiger partial charge in [-0.1, -0.05) is 17.7 Å². The van der Waals surface area contributed by atoms with Crippen molar-refractivity contribution in [3.8, 4) is 5.75 Å². The van der Waals surface area contributed by atoms with E-state index in [-0.39, 0.29) is 24.5 Å². The molecule has 0 aromatic heterocycles. The summed E-state index contributed by atoms with van der Waals surface area (Å²) in [5.74, 6) is 0.548. The van der Waals surface area contributed by atoms with Gasteiger partial charge in [0.2, 0.25) is 0 Å². The number of carbonyl (C=O) groups excluding carboxylic acids is 2. The molecular formula is C24H30N2O3. The van der Waals surface area contributed by atoms with Crippen LogP contribution in [-0.2, 0) is 4.79 Å². The van der Waals surface area contributed by atoms with E-state index in [4.69, 9.17) is 4.74 Å². The highest BCUT2D eigenvalue weighted by atomic mass is 16.5. The van der Waals surface area contributed by atoms with Crippen LogP contribution in [0.1, 0.15) is 53.2 Å². The summed E-state index contributed by atoms with van der Waals surface area (Å²) in [4.78, 5) is 27.1. The van der Waals surface area contributed by atoms with Crippen molar-refractivity contribution in [2.75, 3.05) is 18.5 Å². The minimum atomic E-state index is -0.225. The molecular weight excluding hydrogens is 364 g/mol. The van der Waals surface area contributed by atoms with Crippen molar-refractivity contribution in [2.45, 2.75) is 53.0 Å². The molecule has 29 heavy (non-hydrogen) atoms. The second-order valence-corrected chi connectivity index (χ2v) is 7.98. The Morgan fingerprint density at radius 1 is 1.07 bits per heavy atom. The zero-order chi connectivity index (χ0) is 21.0. The highest BCUT2D eigenvalue weighted by Crippen LogP contribution is 2.23. The minimum Gasteiger partial charge on any atom is -0.483 e. The molecule has 0 spiro atoms. The van der Waals surface area contributed by atoms with Gasteiger partial charge in [-0.25, -0.2) is 0 Å². The van der Waals surface area contributed by atoms with Gasteiger partial charge < -0.3 is 15.0 Å². The van der Waals surface area contributed by atoms with Gasteiger partial charge in [-0.3, -0.25) is 9.59 Å². The van der Waals surface area contributed by atoms with Crippen LogP contribution in [0.4, 0.5) is 5.69 Å². The number of likely N-dealkylation sites (tertiary alicyclic amines) is 1. The van der Waals surface area contributed by atoms with E-state index in [1.807, 2.05) is 49.9 Å². The summed E-state index contributed by atoms with van der Waals surface area (Å²) >= 11 is 0. The van der Waals surface area contributed by atoms with Crippen molar-refractivity contribution >= 4 is 17.5 Å². The van der Waals surface area contributed by atoms with Crippen LogP contribution in [0.3, 0.4) is 0 Å². The van der Waals surface area contributed by atoms with Gasteiger partial charge in [-0.2, -0.15) is 0 Å². The number of hydrogen-bond acceptors (Lipinski definition) is 3. The molecule has 0 radical (unpaired) electrons. The molecule has 1 fully saturated rings. The van der Waals surface area contributed by atoms with E-state index >= 15 is 0 Å². The van der Waals surface area contributed by atoms with Crippen LogP contribution in [-0.4, -0.2) is 35.9 Å². The second-order valence-electron chi connectivity index (χ2n) is 7.98. The first-order valence-electron chi connectivity index (χ1n) is 10.3. The van der Waals surface area contributed by atoms with Gasteiger partial charge in [-0.15, -0.1) is 0 Å². The van der Waals surface area contributed by atoms with E-state index in [2.05, 4.69) is 12.2 Å². The molecule has 1 saturated heterocycles. The van der Waals surface area contributed by atoms with Gasteiger partial charge in [0.05, 0.1) is 0 Å². The fourth-order valence-corrected chi connectivity index (χ4v) is 3.79. The van der Waals surface area contributed by atoms with Crippen LogP contribution in [0.5, 0.6) is 5.75 Å². The summed E-state index contributed by atoms with van der Waals surface area (Å²) in [5.41, 5.74) is 4.39.